The third-order valence-corrected chi connectivity index (χ3v) is 4.71. The van der Waals surface area contributed by atoms with Gasteiger partial charge < -0.3 is 4.90 Å². The van der Waals surface area contributed by atoms with E-state index < -0.39 is 0 Å². The minimum atomic E-state index is 0.627. The highest BCUT2D eigenvalue weighted by molar-refractivity contribution is 7.80. The Labute approximate surface area is 148 Å². The van der Waals surface area contributed by atoms with E-state index in [2.05, 4.69) is 57.6 Å². The summed E-state index contributed by atoms with van der Waals surface area (Å²) in [4.78, 5) is 6.46. The van der Waals surface area contributed by atoms with Gasteiger partial charge in [0.15, 0.2) is 5.11 Å². The predicted octanol–water partition coefficient (Wildman–Crippen LogP) is 3.31. The van der Waals surface area contributed by atoms with E-state index in [9.17, 15) is 0 Å². The van der Waals surface area contributed by atoms with Crippen LogP contribution in [0.2, 0.25) is 0 Å². The van der Waals surface area contributed by atoms with Crippen molar-refractivity contribution in [2.45, 2.75) is 18.8 Å². The van der Waals surface area contributed by atoms with Gasteiger partial charge in [0.1, 0.15) is 0 Å². The van der Waals surface area contributed by atoms with E-state index in [1.807, 2.05) is 18.2 Å². The highest BCUT2D eigenvalue weighted by Gasteiger charge is 2.21. The van der Waals surface area contributed by atoms with E-state index in [0.717, 1.165) is 31.6 Å². The monoisotopic (exact) mass is 338 g/mol. The fraction of sp³-hybridized carbons (Fsp3) is 0.263. The standard InChI is InChI=1S/C19H22N4S/c1-15(18-9-5-6-12-20-18)21-22-19(24)23-13-10-17(11-14-23)16-7-3-2-4-8-16/h2-9,12,17,21H,1,10-11,13-14H2,(H,22,24). The first-order chi connectivity index (χ1) is 11.7. The normalized spacial score (nSPS) is 14.9. The number of pyridine rings is 1. The van der Waals surface area contributed by atoms with Gasteiger partial charge >= 0.3 is 0 Å². The van der Waals surface area contributed by atoms with Crippen LogP contribution in [0.4, 0.5) is 0 Å². The minimum absolute atomic E-state index is 0.627. The third kappa shape index (κ3) is 4.11. The Balaban J connectivity index is 1.46. The molecule has 1 fully saturated rings. The quantitative estimate of drug-likeness (QED) is 0.661. The topological polar surface area (TPSA) is 40.2 Å². The second-order valence-corrected chi connectivity index (χ2v) is 6.31. The zero-order valence-corrected chi connectivity index (χ0v) is 14.4. The van der Waals surface area contributed by atoms with Crippen LogP contribution in [0.15, 0.2) is 61.3 Å². The molecule has 4 nitrogen and oxygen atoms in total. The van der Waals surface area contributed by atoms with Gasteiger partial charge in [-0.1, -0.05) is 43.0 Å². The lowest BCUT2D eigenvalue weighted by Crippen LogP contribution is -2.48. The van der Waals surface area contributed by atoms with E-state index in [0.29, 0.717) is 16.7 Å². The van der Waals surface area contributed by atoms with Crippen LogP contribution in [0.1, 0.15) is 30.0 Å². The molecule has 2 aromatic rings. The van der Waals surface area contributed by atoms with Gasteiger partial charge in [-0.25, -0.2) is 0 Å². The molecule has 0 aliphatic carbocycles. The lowest BCUT2D eigenvalue weighted by molar-refractivity contribution is 0.308. The Bertz CT molecular complexity index is 679. The second-order valence-electron chi connectivity index (χ2n) is 5.92. The van der Waals surface area contributed by atoms with Crippen LogP contribution < -0.4 is 10.9 Å². The van der Waals surface area contributed by atoms with Crippen LogP contribution in [0.25, 0.3) is 5.70 Å². The molecule has 2 N–H and O–H groups in total. The fourth-order valence-electron chi connectivity index (χ4n) is 2.95. The van der Waals surface area contributed by atoms with Gasteiger partial charge in [-0.2, -0.15) is 0 Å². The second kappa shape index (κ2) is 7.93. The van der Waals surface area contributed by atoms with E-state index >= 15 is 0 Å². The van der Waals surface area contributed by atoms with Crippen LogP contribution in [0.3, 0.4) is 0 Å². The van der Waals surface area contributed by atoms with Gasteiger partial charge in [0, 0.05) is 19.3 Å². The number of thiocarbonyl (C=S) groups is 1. The summed E-state index contributed by atoms with van der Waals surface area (Å²) in [5.74, 6) is 0.627. The fourth-order valence-corrected chi connectivity index (χ4v) is 3.19. The minimum Gasteiger partial charge on any atom is -0.348 e. The van der Waals surface area contributed by atoms with Crippen molar-refractivity contribution >= 4 is 23.0 Å². The molecule has 1 aliphatic rings. The van der Waals surface area contributed by atoms with Crippen molar-refractivity contribution in [3.63, 3.8) is 0 Å². The molecule has 124 valence electrons. The van der Waals surface area contributed by atoms with Crippen molar-refractivity contribution < 1.29 is 0 Å². The van der Waals surface area contributed by atoms with Crippen LogP contribution in [-0.2, 0) is 0 Å². The molecule has 2 heterocycles. The van der Waals surface area contributed by atoms with Gasteiger partial charge in [0.25, 0.3) is 0 Å². The Morgan fingerprint density at radius 1 is 1.04 bits per heavy atom. The first-order valence-corrected chi connectivity index (χ1v) is 8.61. The number of aromatic nitrogens is 1. The molecule has 0 atom stereocenters. The Morgan fingerprint density at radius 2 is 1.75 bits per heavy atom. The summed E-state index contributed by atoms with van der Waals surface area (Å²) >= 11 is 5.49. The maximum absolute atomic E-state index is 5.49. The van der Waals surface area contributed by atoms with Crippen LogP contribution >= 0.6 is 12.2 Å². The van der Waals surface area contributed by atoms with Crippen LogP contribution in [0, 0.1) is 0 Å². The first kappa shape index (κ1) is 16.5. The SMILES string of the molecule is C=C(NNC(=S)N1CCC(c2ccccc2)CC1)c1ccccn1. The molecule has 0 amide bonds. The summed E-state index contributed by atoms with van der Waals surface area (Å²) in [5.41, 5.74) is 9.06. The Kier molecular flexibility index (Phi) is 5.43. The smallest absolute Gasteiger partial charge is 0.187 e. The van der Waals surface area contributed by atoms with Crippen molar-refractivity contribution in [3.05, 3.63) is 72.6 Å². The first-order valence-electron chi connectivity index (χ1n) is 8.20. The van der Waals surface area contributed by atoms with E-state index in [4.69, 9.17) is 12.2 Å². The van der Waals surface area contributed by atoms with E-state index in [-0.39, 0.29) is 0 Å². The molecule has 1 aromatic heterocycles. The van der Waals surface area contributed by atoms with Crippen LogP contribution in [-0.4, -0.2) is 28.1 Å². The predicted molar refractivity (Wildman–Crippen MR) is 102 cm³/mol. The van der Waals surface area contributed by atoms with Gasteiger partial charge in [0.2, 0.25) is 0 Å². The number of likely N-dealkylation sites (tertiary alicyclic amines) is 1. The largest absolute Gasteiger partial charge is 0.348 e. The van der Waals surface area contributed by atoms with Crippen LogP contribution in [0.5, 0.6) is 0 Å². The van der Waals surface area contributed by atoms with E-state index in [1.165, 1.54) is 5.56 Å². The lowest BCUT2D eigenvalue weighted by Gasteiger charge is -2.34. The molecule has 1 aliphatic heterocycles. The molecular formula is C19H22N4S. The van der Waals surface area contributed by atoms with Gasteiger partial charge in [-0.05, 0) is 48.7 Å². The number of benzene rings is 1. The summed E-state index contributed by atoms with van der Waals surface area (Å²) in [6.45, 7) is 5.90. The summed E-state index contributed by atoms with van der Waals surface area (Å²) in [6, 6.07) is 16.4. The number of nitrogens with zero attached hydrogens (tertiary/aromatic N) is 2. The zero-order valence-electron chi connectivity index (χ0n) is 13.6. The van der Waals surface area contributed by atoms with Crippen molar-refractivity contribution in [2.24, 2.45) is 0 Å². The summed E-state index contributed by atoms with van der Waals surface area (Å²) in [5, 5.41) is 0.707. The highest BCUT2D eigenvalue weighted by atomic mass is 32.1. The summed E-state index contributed by atoms with van der Waals surface area (Å²) in [7, 11) is 0. The molecule has 0 spiro atoms. The molecule has 24 heavy (non-hydrogen) atoms. The van der Waals surface area contributed by atoms with Gasteiger partial charge in [-0.3, -0.25) is 15.8 Å². The number of rotatable bonds is 4. The molecular weight excluding hydrogens is 316 g/mol. The lowest BCUT2D eigenvalue weighted by atomic mass is 9.90. The third-order valence-electron chi connectivity index (χ3n) is 4.35. The van der Waals surface area contributed by atoms with Crippen molar-refractivity contribution in [1.29, 1.82) is 0 Å². The summed E-state index contributed by atoms with van der Waals surface area (Å²) < 4.78 is 0. The van der Waals surface area contributed by atoms with Gasteiger partial charge in [0.05, 0.1) is 11.4 Å². The van der Waals surface area contributed by atoms with Crippen molar-refractivity contribution in [1.82, 2.24) is 20.7 Å². The zero-order chi connectivity index (χ0) is 16.8. The number of hydrazine groups is 1. The average molecular weight is 338 g/mol. The maximum Gasteiger partial charge on any atom is 0.187 e. The highest BCUT2D eigenvalue weighted by Crippen LogP contribution is 2.27. The molecule has 1 aromatic carbocycles. The van der Waals surface area contributed by atoms with E-state index in [1.54, 1.807) is 6.20 Å². The number of hydrogen-bond acceptors (Lipinski definition) is 3. The molecule has 5 heteroatoms. The molecule has 0 bridgehead atoms. The van der Waals surface area contributed by atoms with Gasteiger partial charge in [-0.15, -0.1) is 0 Å². The molecule has 1 saturated heterocycles. The number of nitrogens with one attached hydrogen (secondary N) is 2. The number of hydrogen-bond donors (Lipinski definition) is 2. The molecule has 0 unspecified atom stereocenters. The maximum atomic E-state index is 5.49. The van der Waals surface area contributed by atoms with Crippen molar-refractivity contribution in [2.75, 3.05) is 13.1 Å². The Hall–Kier alpha value is -2.40. The molecule has 3 rings (SSSR count). The average Bonchev–Trinajstić information content (AvgIpc) is 2.67. The number of piperidine rings is 1. The Morgan fingerprint density at radius 3 is 2.42 bits per heavy atom. The molecule has 0 radical (unpaired) electrons. The summed E-state index contributed by atoms with van der Waals surface area (Å²) in [6.07, 6.45) is 3.98. The molecule has 0 saturated carbocycles. The van der Waals surface area contributed by atoms with Crippen molar-refractivity contribution in [3.8, 4) is 0 Å².